The second-order valence-electron chi connectivity index (χ2n) is 5.01. The van der Waals surface area contributed by atoms with Gasteiger partial charge in [0.1, 0.15) is 0 Å². The lowest BCUT2D eigenvalue weighted by atomic mass is 9.95. The summed E-state index contributed by atoms with van der Waals surface area (Å²) in [7, 11) is 0. The Morgan fingerprint density at radius 1 is 1.35 bits per heavy atom. The van der Waals surface area contributed by atoms with Gasteiger partial charge >= 0.3 is 5.97 Å². The molecule has 1 atom stereocenters. The summed E-state index contributed by atoms with van der Waals surface area (Å²) in [5.41, 5.74) is 1.78. The number of nitrogens with one attached hydrogen (secondary N) is 1. The molecule has 0 aliphatic heterocycles. The van der Waals surface area contributed by atoms with E-state index in [1.807, 2.05) is 31.2 Å². The van der Waals surface area contributed by atoms with Crippen molar-refractivity contribution in [1.82, 2.24) is 0 Å². The van der Waals surface area contributed by atoms with E-state index in [0.717, 1.165) is 18.4 Å². The van der Waals surface area contributed by atoms with Crippen molar-refractivity contribution in [3.8, 4) is 0 Å². The third-order valence-electron chi connectivity index (χ3n) is 3.25. The first-order chi connectivity index (χ1) is 9.65. The summed E-state index contributed by atoms with van der Waals surface area (Å²) in [5.74, 6) is -0.698. The van der Waals surface area contributed by atoms with E-state index in [9.17, 15) is 9.59 Å². The normalized spacial score (nSPS) is 17.6. The van der Waals surface area contributed by atoms with Gasteiger partial charge in [-0.15, -0.1) is 0 Å². The molecule has 0 unspecified atom stereocenters. The quantitative estimate of drug-likeness (QED) is 0.678. The van der Waals surface area contributed by atoms with Crippen LogP contribution in [0.2, 0.25) is 0 Å². The lowest BCUT2D eigenvalue weighted by Crippen LogP contribution is -2.25. The first kappa shape index (κ1) is 14.3. The predicted octanol–water partition coefficient (Wildman–Crippen LogP) is 2.83. The van der Waals surface area contributed by atoms with Gasteiger partial charge in [0.05, 0.1) is 5.92 Å². The number of allylic oxidation sites excluding steroid dienone is 2. The van der Waals surface area contributed by atoms with Crippen molar-refractivity contribution in [2.75, 3.05) is 11.9 Å². The second-order valence-corrected chi connectivity index (χ2v) is 5.01. The summed E-state index contributed by atoms with van der Waals surface area (Å²) in [6.45, 7) is 1.72. The fraction of sp³-hybridized carbons (Fsp3) is 0.375. The van der Waals surface area contributed by atoms with Gasteiger partial charge < -0.3 is 10.1 Å². The van der Waals surface area contributed by atoms with E-state index in [1.165, 1.54) is 0 Å². The van der Waals surface area contributed by atoms with Crippen LogP contribution < -0.4 is 5.32 Å². The van der Waals surface area contributed by atoms with Crippen molar-refractivity contribution >= 4 is 17.6 Å². The molecule has 1 aliphatic rings. The number of carbonyl (C=O) groups excluding carboxylic acids is 2. The molecule has 0 spiro atoms. The van der Waals surface area contributed by atoms with E-state index in [1.54, 1.807) is 6.07 Å². The summed E-state index contributed by atoms with van der Waals surface area (Å²) < 4.78 is 5.06. The van der Waals surface area contributed by atoms with Crippen molar-refractivity contribution in [2.45, 2.75) is 26.2 Å². The number of aryl methyl sites for hydroxylation is 1. The molecule has 0 aromatic heterocycles. The third kappa shape index (κ3) is 4.23. The molecule has 0 bridgehead atoms. The van der Waals surface area contributed by atoms with Gasteiger partial charge in [0.15, 0.2) is 6.61 Å². The summed E-state index contributed by atoms with van der Waals surface area (Å²) in [6.07, 6.45) is 6.46. The van der Waals surface area contributed by atoms with Crippen molar-refractivity contribution in [2.24, 2.45) is 5.92 Å². The zero-order chi connectivity index (χ0) is 14.4. The Labute approximate surface area is 118 Å². The number of esters is 1. The van der Waals surface area contributed by atoms with Gasteiger partial charge in [-0.3, -0.25) is 9.59 Å². The maximum Gasteiger partial charge on any atom is 0.309 e. The molecule has 0 fully saturated rings. The largest absolute Gasteiger partial charge is 0.455 e. The lowest BCUT2D eigenvalue weighted by Gasteiger charge is -2.16. The number of hydrogen-bond acceptors (Lipinski definition) is 3. The minimum atomic E-state index is -0.310. The average Bonchev–Trinajstić information content (AvgIpc) is 2.46. The van der Waals surface area contributed by atoms with Gasteiger partial charge in [-0.25, -0.2) is 0 Å². The van der Waals surface area contributed by atoms with E-state index in [-0.39, 0.29) is 24.4 Å². The number of benzene rings is 1. The molecular weight excluding hydrogens is 254 g/mol. The Kier molecular flexibility index (Phi) is 4.93. The standard InChI is InChI=1S/C16H19NO3/c1-12-6-5-9-14(10-12)17-15(18)11-20-16(19)13-7-3-2-4-8-13/h2-3,5-6,9-10,13H,4,7-8,11H2,1H3,(H,17,18)/t13-/m0/s1. The first-order valence-electron chi connectivity index (χ1n) is 6.83. The van der Waals surface area contributed by atoms with Gasteiger partial charge in [0.2, 0.25) is 0 Å². The SMILES string of the molecule is Cc1cccc(NC(=O)COC(=O)[C@H]2CC=CCC2)c1. The van der Waals surface area contributed by atoms with Crippen LogP contribution in [-0.2, 0) is 14.3 Å². The monoisotopic (exact) mass is 273 g/mol. The lowest BCUT2D eigenvalue weighted by molar-refractivity contribution is -0.151. The fourth-order valence-corrected chi connectivity index (χ4v) is 2.18. The van der Waals surface area contributed by atoms with Crippen molar-refractivity contribution in [1.29, 1.82) is 0 Å². The number of amides is 1. The topological polar surface area (TPSA) is 55.4 Å². The van der Waals surface area contributed by atoms with Crippen molar-refractivity contribution in [3.63, 3.8) is 0 Å². The Morgan fingerprint density at radius 3 is 2.90 bits per heavy atom. The maximum absolute atomic E-state index is 11.8. The number of carbonyl (C=O) groups is 2. The second kappa shape index (κ2) is 6.89. The molecule has 0 saturated carbocycles. The van der Waals surface area contributed by atoms with E-state index in [0.29, 0.717) is 12.1 Å². The average molecular weight is 273 g/mol. The van der Waals surface area contributed by atoms with Crippen LogP contribution in [-0.4, -0.2) is 18.5 Å². The van der Waals surface area contributed by atoms with E-state index < -0.39 is 0 Å². The van der Waals surface area contributed by atoms with E-state index in [2.05, 4.69) is 11.4 Å². The highest BCUT2D eigenvalue weighted by Gasteiger charge is 2.20. The minimum Gasteiger partial charge on any atom is -0.455 e. The smallest absolute Gasteiger partial charge is 0.309 e. The van der Waals surface area contributed by atoms with Crippen molar-refractivity contribution < 1.29 is 14.3 Å². The van der Waals surface area contributed by atoms with Gasteiger partial charge in [0, 0.05) is 5.69 Å². The summed E-state index contributed by atoms with van der Waals surface area (Å²) in [4.78, 5) is 23.5. The van der Waals surface area contributed by atoms with Crippen molar-refractivity contribution in [3.05, 3.63) is 42.0 Å². The molecular formula is C16H19NO3. The Hall–Kier alpha value is -2.10. The summed E-state index contributed by atoms with van der Waals surface area (Å²) in [6, 6.07) is 7.49. The highest BCUT2D eigenvalue weighted by atomic mass is 16.5. The van der Waals surface area contributed by atoms with Gasteiger partial charge in [-0.05, 0) is 43.9 Å². The zero-order valence-corrected chi connectivity index (χ0v) is 11.6. The molecule has 20 heavy (non-hydrogen) atoms. The number of hydrogen-bond donors (Lipinski definition) is 1. The molecule has 0 radical (unpaired) electrons. The molecule has 1 aromatic rings. The molecule has 2 rings (SSSR count). The van der Waals surface area contributed by atoms with Crippen LogP contribution in [0, 0.1) is 12.8 Å². The van der Waals surface area contributed by atoms with Crippen LogP contribution in [0.1, 0.15) is 24.8 Å². The predicted molar refractivity (Wildman–Crippen MR) is 77.2 cm³/mol. The van der Waals surface area contributed by atoms with Gasteiger partial charge in [0.25, 0.3) is 5.91 Å². The zero-order valence-electron chi connectivity index (χ0n) is 11.6. The molecule has 4 heteroatoms. The fourth-order valence-electron chi connectivity index (χ4n) is 2.18. The Bertz CT molecular complexity index is 522. The molecule has 1 aliphatic carbocycles. The summed E-state index contributed by atoms with van der Waals surface area (Å²) >= 11 is 0. The number of ether oxygens (including phenoxy) is 1. The van der Waals surface area contributed by atoms with Crippen LogP contribution in [0.5, 0.6) is 0 Å². The minimum absolute atomic E-state index is 0.105. The highest BCUT2D eigenvalue weighted by molar-refractivity contribution is 5.93. The molecule has 4 nitrogen and oxygen atoms in total. The van der Waals surface area contributed by atoms with Gasteiger partial charge in [-0.2, -0.15) is 0 Å². The molecule has 106 valence electrons. The highest BCUT2D eigenvalue weighted by Crippen LogP contribution is 2.19. The van der Waals surface area contributed by atoms with Crippen LogP contribution in [0.25, 0.3) is 0 Å². The maximum atomic E-state index is 11.8. The van der Waals surface area contributed by atoms with Crippen LogP contribution in [0.15, 0.2) is 36.4 Å². The van der Waals surface area contributed by atoms with E-state index >= 15 is 0 Å². The molecule has 1 amide bonds. The van der Waals surface area contributed by atoms with E-state index in [4.69, 9.17) is 4.74 Å². The van der Waals surface area contributed by atoms with Crippen LogP contribution in [0.3, 0.4) is 0 Å². The molecule has 0 saturated heterocycles. The number of anilines is 1. The molecule has 1 N–H and O–H groups in total. The Balaban J connectivity index is 1.77. The van der Waals surface area contributed by atoms with Crippen LogP contribution >= 0.6 is 0 Å². The molecule has 0 heterocycles. The Morgan fingerprint density at radius 2 is 2.20 bits per heavy atom. The summed E-state index contributed by atoms with van der Waals surface area (Å²) in [5, 5.41) is 2.71. The number of rotatable bonds is 4. The molecule has 1 aromatic carbocycles. The first-order valence-corrected chi connectivity index (χ1v) is 6.83. The van der Waals surface area contributed by atoms with Gasteiger partial charge in [-0.1, -0.05) is 24.3 Å². The third-order valence-corrected chi connectivity index (χ3v) is 3.25. The van der Waals surface area contributed by atoms with Crippen LogP contribution in [0.4, 0.5) is 5.69 Å².